The van der Waals surface area contributed by atoms with Gasteiger partial charge in [0.15, 0.2) is 0 Å². The van der Waals surface area contributed by atoms with Crippen LogP contribution in [0.4, 0.5) is 0 Å². The molecule has 0 aromatic heterocycles. The van der Waals surface area contributed by atoms with Crippen LogP contribution in [-0.2, 0) is 4.79 Å². The summed E-state index contributed by atoms with van der Waals surface area (Å²) < 4.78 is 0. The van der Waals surface area contributed by atoms with Crippen LogP contribution in [0.2, 0.25) is 0 Å². The number of carbonyl (C=O) groups is 1. The summed E-state index contributed by atoms with van der Waals surface area (Å²) >= 11 is 0. The van der Waals surface area contributed by atoms with E-state index in [1.807, 2.05) is 0 Å². The largest absolute Gasteiger partial charge is 0.481 e. The zero-order valence-corrected chi connectivity index (χ0v) is 22.7. The molecule has 198 valence electrons. The second kappa shape index (κ2) is 7.57. The molecule has 0 aromatic rings. The molecule has 5 nitrogen and oxygen atoms in total. The predicted octanol–water partition coefficient (Wildman–Crippen LogP) is 5.18. The summed E-state index contributed by atoms with van der Waals surface area (Å²) in [6.45, 7) is 13.7. The van der Waals surface area contributed by atoms with Crippen LogP contribution in [0, 0.1) is 50.2 Å². The Hall–Kier alpha value is -0.910. The summed E-state index contributed by atoms with van der Waals surface area (Å²) in [7, 11) is 0. The van der Waals surface area contributed by atoms with Crippen LogP contribution in [0.15, 0.2) is 11.6 Å². The fraction of sp³-hybridized carbons (Fsp3) is 0.900. The van der Waals surface area contributed by atoms with Crippen molar-refractivity contribution < 1.29 is 25.2 Å². The standard InChI is InChI=1S/C30H48O5/c1-25(2)13-14-30(24(34)35)19(15-25)18-7-8-21-26(3)11-10-22(32)27(4,17-31)20(26)9-12-28(21,5)29(18,6)16-23(30)33/h7,19-23,31-33H,8-17H2,1-6H3,(H,34,35)/t19?,20?,21?,22-,23?,26-,27-,28+,29+,30-/m0/s1. The lowest BCUT2D eigenvalue weighted by atomic mass is 9.33. The average molecular weight is 489 g/mol. The molecule has 10 atom stereocenters. The monoisotopic (exact) mass is 488 g/mol. The first-order valence-electron chi connectivity index (χ1n) is 14.0. The van der Waals surface area contributed by atoms with E-state index in [9.17, 15) is 25.2 Å². The molecule has 0 amide bonds. The molecule has 5 aliphatic carbocycles. The molecule has 4 unspecified atom stereocenters. The topological polar surface area (TPSA) is 98.0 Å². The minimum Gasteiger partial charge on any atom is -0.481 e. The minimum atomic E-state index is -1.07. The molecule has 0 aliphatic heterocycles. The van der Waals surface area contributed by atoms with Gasteiger partial charge in [-0.1, -0.05) is 53.2 Å². The van der Waals surface area contributed by atoms with Crippen LogP contribution >= 0.6 is 0 Å². The number of aliphatic hydroxyl groups is 3. The van der Waals surface area contributed by atoms with E-state index in [2.05, 4.69) is 47.6 Å². The van der Waals surface area contributed by atoms with Crippen LogP contribution in [0.3, 0.4) is 0 Å². The predicted molar refractivity (Wildman–Crippen MR) is 135 cm³/mol. The molecule has 5 heteroatoms. The number of rotatable bonds is 2. The summed E-state index contributed by atoms with van der Waals surface area (Å²) in [5.74, 6) is -0.323. The molecule has 4 saturated carbocycles. The van der Waals surface area contributed by atoms with Crippen LogP contribution in [0.1, 0.15) is 99.3 Å². The molecule has 0 radical (unpaired) electrons. The summed E-state index contributed by atoms with van der Waals surface area (Å²) in [6, 6.07) is 0. The van der Waals surface area contributed by atoms with E-state index in [1.54, 1.807) is 0 Å². The van der Waals surface area contributed by atoms with Crippen molar-refractivity contribution in [1.29, 1.82) is 0 Å². The van der Waals surface area contributed by atoms with Gasteiger partial charge in [0.05, 0.1) is 18.8 Å². The molecule has 4 fully saturated rings. The van der Waals surface area contributed by atoms with Crippen molar-refractivity contribution in [2.45, 2.75) is 112 Å². The smallest absolute Gasteiger partial charge is 0.312 e. The highest BCUT2D eigenvalue weighted by Gasteiger charge is 2.71. The van der Waals surface area contributed by atoms with Gasteiger partial charge >= 0.3 is 5.97 Å². The lowest BCUT2D eigenvalue weighted by molar-refractivity contribution is -0.226. The molecule has 0 heterocycles. The molecule has 35 heavy (non-hydrogen) atoms. The van der Waals surface area contributed by atoms with Gasteiger partial charge in [0.1, 0.15) is 5.41 Å². The van der Waals surface area contributed by atoms with E-state index in [0.29, 0.717) is 25.2 Å². The lowest BCUT2D eigenvalue weighted by Crippen LogP contribution is -2.68. The Bertz CT molecular complexity index is 941. The van der Waals surface area contributed by atoms with E-state index in [0.717, 1.165) is 38.5 Å². The number of carboxylic acids is 1. The summed E-state index contributed by atoms with van der Waals surface area (Å²) in [5, 5.41) is 43.5. The first kappa shape index (κ1) is 25.7. The highest BCUT2D eigenvalue weighted by molar-refractivity contribution is 5.77. The Morgan fingerprint density at radius 2 is 1.60 bits per heavy atom. The van der Waals surface area contributed by atoms with Crippen molar-refractivity contribution >= 4 is 5.97 Å². The molecular weight excluding hydrogens is 440 g/mol. The Kier molecular flexibility index (Phi) is 5.56. The van der Waals surface area contributed by atoms with Crippen molar-refractivity contribution in [2.75, 3.05) is 6.61 Å². The quantitative estimate of drug-likeness (QED) is 0.402. The molecule has 5 aliphatic rings. The van der Waals surface area contributed by atoms with E-state index >= 15 is 0 Å². The molecule has 0 saturated heterocycles. The third kappa shape index (κ3) is 3.01. The number of fused-ring (bicyclic) bond motifs is 7. The summed E-state index contributed by atoms with van der Waals surface area (Å²) in [6.07, 6.45) is 8.30. The summed E-state index contributed by atoms with van der Waals surface area (Å²) in [4.78, 5) is 12.8. The third-order valence-electron chi connectivity index (χ3n) is 13.2. The van der Waals surface area contributed by atoms with Gasteiger partial charge in [0.2, 0.25) is 0 Å². The van der Waals surface area contributed by atoms with Gasteiger partial charge in [0.25, 0.3) is 0 Å². The highest BCUT2D eigenvalue weighted by Crippen LogP contribution is 2.75. The zero-order chi connectivity index (χ0) is 25.8. The van der Waals surface area contributed by atoms with Gasteiger partial charge in [-0.05, 0) is 97.2 Å². The number of aliphatic hydroxyl groups excluding tert-OH is 3. The fourth-order valence-electron chi connectivity index (χ4n) is 10.8. The maximum absolute atomic E-state index is 12.8. The maximum Gasteiger partial charge on any atom is 0.312 e. The first-order valence-corrected chi connectivity index (χ1v) is 14.0. The van der Waals surface area contributed by atoms with Crippen molar-refractivity contribution in [3.8, 4) is 0 Å². The number of aliphatic carboxylic acids is 1. The Labute approximate surface area is 211 Å². The third-order valence-corrected chi connectivity index (χ3v) is 13.2. The van der Waals surface area contributed by atoms with Crippen molar-refractivity contribution in [3.05, 3.63) is 11.6 Å². The maximum atomic E-state index is 12.8. The molecule has 4 N–H and O–H groups in total. The number of hydrogen-bond acceptors (Lipinski definition) is 4. The normalized spacial score (nSPS) is 55.0. The van der Waals surface area contributed by atoms with Gasteiger partial charge in [-0.25, -0.2) is 0 Å². The zero-order valence-electron chi connectivity index (χ0n) is 22.7. The van der Waals surface area contributed by atoms with E-state index in [4.69, 9.17) is 0 Å². The fourth-order valence-corrected chi connectivity index (χ4v) is 10.8. The Morgan fingerprint density at radius 3 is 2.23 bits per heavy atom. The van der Waals surface area contributed by atoms with Gasteiger partial charge in [-0.2, -0.15) is 0 Å². The Balaban J connectivity index is 1.63. The first-order chi connectivity index (χ1) is 16.1. The van der Waals surface area contributed by atoms with E-state index in [-0.39, 0.29) is 40.1 Å². The molecular formula is C30H48O5. The van der Waals surface area contributed by atoms with Gasteiger partial charge in [0, 0.05) is 5.41 Å². The molecule has 5 rings (SSSR count). The molecule has 0 bridgehead atoms. The van der Waals surface area contributed by atoms with E-state index < -0.39 is 29.0 Å². The second-order valence-corrected chi connectivity index (χ2v) is 15.0. The molecule has 0 aromatic carbocycles. The lowest BCUT2D eigenvalue weighted by Gasteiger charge is -2.71. The number of hydrogen-bond donors (Lipinski definition) is 4. The van der Waals surface area contributed by atoms with Crippen LogP contribution < -0.4 is 0 Å². The van der Waals surface area contributed by atoms with Crippen LogP contribution in [0.25, 0.3) is 0 Å². The van der Waals surface area contributed by atoms with Crippen molar-refractivity contribution in [3.63, 3.8) is 0 Å². The number of carboxylic acid groups (broad SMARTS) is 1. The second-order valence-electron chi connectivity index (χ2n) is 15.0. The summed E-state index contributed by atoms with van der Waals surface area (Å²) in [5.41, 5.74) is -0.522. The van der Waals surface area contributed by atoms with Crippen molar-refractivity contribution in [1.82, 2.24) is 0 Å². The Morgan fingerprint density at radius 1 is 0.914 bits per heavy atom. The van der Waals surface area contributed by atoms with Gasteiger partial charge in [-0.3, -0.25) is 4.79 Å². The van der Waals surface area contributed by atoms with Crippen LogP contribution in [0.5, 0.6) is 0 Å². The van der Waals surface area contributed by atoms with Gasteiger partial charge < -0.3 is 20.4 Å². The highest BCUT2D eigenvalue weighted by atomic mass is 16.4. The van der Waals surface area contributed by atoms with Crippen molar-refractivity contribution in [2.24, 2.45) is 50.2 Å². The minimum absolute atomic E-state index is 0.00707. The van der Waals surface area contributed by atoms with Crippen LogP contribution in [-0.4, -0.2) is 45.2 Å². The number of allylic oxidation sites excluding steroid dienone is 2. The molecule has 0 spiro atoms. The SMILES string of the molecule is CC1(C)CC[C@@]2(C(=O)O)C(O)C[C@]3(C)C(=CCC4[C@@]5(C)CC[C@H](O)[C@@](C)(CO)C5CC[C@]43C)C2C1. The van der Waals surface area contributed by atoms with E-state index in [1.165, 1.54) is 5.57 Å². The van der Waals surface area contributed by atoms with Gasteiger partial charge in [-0.15, -0.1) is 0 Å². The average Bonchev–Trinajstić information content (AvgIpc) is 2.76.